The lowest BCUT2D eigenvalue weighted by molar-refractivity contribution is 0.0958. The summed E-state index contributed by atoms with van der Waals surface area (Å²) < 4.78 is 11.1. The first kappa shape index (κ1) is 21.3. The smallest absolute Gasteiger partial charge is 0.165 e. The van der Waals surface area contributed by atoms with Crippen LogP contribution in [0.5, 0.6) is 11.5 Å². The third-order valence-electron chi connectivity index (χ3n) is 5.46. The molecule has 30 heavy (non-hydrogen) atoms. The zero-order valence-electron chi connectivity index (χ0n) is 18.2. The van der Waals surface area contributed by atoms with E-state index in [0.29, 0.717) is 35.5 Å². The number of Topliss-reactive ketones (excluding diaryl/α,β-unsaturated/α-hetero) is 2. The second kappa shape index (κ2) is 7.34. The predicted molar refractivity (Wildman–Crippen MR) is 123 cm³/mol. The maximum absolute atomic E-state index is 12.9. The third-order valence-corrected chi connectivity index (χ3v) is 8.11. The van der Waals surface area contributed by atoms with Crippen molar-refractivity contribution in [3.05, 3.63) is 35.4 Å². The van der Waals surface area contributed by atoms with E-state index in [-0.39, 0.29) is 21.1 Å². The standard InChI is InChI=1S/C24H26O4S2/c1-23(2)11-15(25)13-7-9-17(27-5)19(21(13)29-23)20-18(28-6)10-8-14-16(26)12-24(3,4)30-22(14)20/h7-10H,11-12H2,1-6H3. The molecule has 0 amide bonds. The number of carbonyl (C=O) groups is 2. The minimum Gasteiger partial charge on any atom is -0.496 e. The van der Waals surface area contributed by atoms with E-state index >= 15 is 0 Å². The van der Waals surface area contributed by atoms with E-state index in [4.69, 9.17) is 9.47 Å². The van der Waals surface area contributed by atoms with Crippen LogP contribution in [0.4, 0.5) is 0 Å². The van der Waals surface area contributed by atoms with E-state index in [1.807, 2.05) is 24.3 Å². The average Bonchev–Trinajstić information content (AvgIpc) is 2.64. The molecule has 2 aliphatic heterocycles. The molecule has 6 heteroatoms. The third kappa shape index (κ3) is 3.54. The number of benzene rings is 2. The molecule has 2 heterocycles. The summed E-state index contributed by atoms with van der Waals surface area (Å²) in [5.74, 6) is 1.61. The molecule has 0 spiro atoms. The molecule has 0 unspecified atom stereocenters. The van der Waals surface area contributed by atoms with Crippen LogP contribution < -0.4 is 9.47 Å². The van der Waals surface area contributed by atoms with Crippen LogP contribution in [0, 0.1) is 0 Å². The summed E-state index contributed by atoms with van der Waals surface area (Å²) >= 11 is 3.38. The molecule has 2 aromatic rings. The summed E-state index contributed by atoms with van der Waals surface area (Å²) in [6.07, 6.45) is 0.974. The van der Waals surface area contributed by atoms with Crippen LogP contribution in [-0.2, 0) is 0 Å². The molecule has 2 aromatic carbocycles. The van der Waals surface area contributed by atoms with Gasteiger partial charge in [0.05, 0.1) is 14.2 Å². The number of hydrogen-bond donors (Lipinski definition) is 0. The first-order valence-corrected chi connectivity index (χ1v) is 11.6. The van der Waals surface area contributed by atoms with Crippen molar-refractivity contribution in [2.75, 3.05) is 14.2 Å². The lowest BCUT2D eigenvalue weighted by atomic mass is 9.92. The summed E-state index contributed by atoms with van der Waals surface area (Å²) in [5.41, 5.74) is 3.10. The minimum atomic E-state index is -0.227. The molecule has 0 saturated heterocycles. The van der Waals surface area contributed by atoms with Crippen LogP contribution in [0.15, 0.2) is 34.1 Å². The molecule has 4 nitrogen and oxygen atoms in total. The molecule has 0 bridgehead atoms. The van der Waals surface area contributed by atoms with Crippen LogP contribution in [-0.4, -0.2) is 35.3 Å². The molecule has 0 radical (unpaired) electrons. The highest BCUT2D eigenvalue weighted by molar-refractivity contribution is 8.01. The van der Waals surface area contributed by atoms with Gasteiger partial charge in [-0.3, -0.25) is 9.59 Å². The Labute approximate surface area is 186 Å². The number of rotatable bonds is 3. The Morgan fingerprint density at radius 2 is 1.07 bits per heavy atom. The van der Waals surface area contributed by atoms with E-state index in [1.165, 1.54) is 0 Å². The number of fused-ring (bicyclic) bond motifs is 2. The highest BCUT2D eigenvalue weighted by Crippen LogP contribution is 2.56. The maximum atomic E-state index is 12.9. The molecule has 4 rings (SSSR count). The number of carbonyl (C=O) groups excluding carboxylic acids is 2. The Kier molecular flexibility index (Phi) is 5.22. The van der Waals surface area contributed by atoms with Gasteiger partial charge in [0.2, 0.25) is 0 Å². The first-order chi connectivity index (χ1) is 14.1. The lowest BCUT2D eigenvalue weighted by Gasteiger charge is -2.34. The van der Waals surface area contributed by atoms with Crippen LogP contribution in [0.1, 0.15) is 61.3 Å². The van der Waals surface area contributed by atoms with Crippen molar-refractivity contribution in [2.45, 2.75) is 59.8 Å². The highest BCUT2D eigenvalue weighted by Gasteiger charge is 2.39. The number of methoxy groups -OCH3 is 2. The molecule has 0 aliphatic carbocycles. The Hall–Kier alpha value is -1.92. The fourth-order valence-corrected chi connectivity index (χ4v) is 6.89. The number of thioether (sulfide) groups is 2. The van der Waals surface area contributed by atoms with Gasteiger partial charge in [-0.25, -0.2) is 0 Å². The monoisotopic (exact) mass is 442 g/mol. The molecule has 0 atom stereocenters. The van der Waals surface area contributed by atoms with E-state index in [0.717, 1.165) is 20.9 Å². The zero-order chi connectivity index (χ0) is 21.8. The fraction of sp³-hybridized carbons (Fsp3) is 0.417. The van der Waals surface area contributed by atoms with E-state index in [1.54, 1.807) is 37.7 Å². The van der Waals surface area contributed by atoms with E-state index < -0.39 is 0 Å². The molecule has 0 fully saturated rings. The van der Waals surface area contributed by atoms with Crippen molar-refractivity contribution in [3.63, 3.8) is 0 Å². The van der Waals surface area contributed by atoms with Crippen LogP contribution >= 0.6 is 23.5 Å². The second-order valence-corrected chi connectivity index (χ2v) is 12.4. The Bertz CT molecular complexity index is 984. The molecule has 0 aromatic heterocycles. The minimum absolute atomic E-state index is 0.130. The summed E-state index contributed by atoms with van der Waals surface area (Å²) in [6, 6.07) is 7.41. The van der Waals surface area contributed by atoms with Gasteiger partial charge in [0.1, 0.15) is 11.5 Å². The van der Waals surface area contributed by atoms with Crippen molar-refractivity contribution < 1.29 is 19.1 Å². The Balaban J connectivity index is 2.09. The van der Waals surface area contributed by atoms with Crippen molar-refractivity contribution in [1.82, 2.24) is 0 Å². The summed E-state index contributed by atoms with van der Waals surface area (Å²) in [5, 5.41) is 0. The second-order valence-electron chi connectivity index (χ2n) is 8.96. The van der Waals surface area contributed by atoms with Crippen molar-refractivity contribution >= 4 is 35.1 Å². The van der Waals surface area contributed by atoms with Gasteiger partial charge in [-0.1, -0.05) is 0 Å². The quantitative estimate of drug-likeness (QED) is 0.557. The molecule has 2 aliphatic rings. The van der Waals surface area contributed by atoms with Crippen LogP contribution in [0.3, 0.4) is 0 Å². The molecular weight excluding hydrogens is 416 g/mol. The van der Waals surface area contributed by atoms with Crippen molar-refractivity contribution in [2.24, 2.45) is 0 Å². The van der Waals surface area contributed by atoms with Crippen molar-refractivity contribution in [1.29, 1.82) is 0 Å². The largest absolute Gasteiger partial charge is 0.496 e. The van der Waals surface area contributed by atoms with Crippen molar-refractivity contribution in [3.8, 4) is 22.6 Å². The highest BCUT2D eigenvalue weighted by atomic mass is 32.2. The molecule has 0 saturated carbocycles. The van der Waals surface area contributed by atoms with Gasteiger partial charge < -0.3 is 9.47 Å². The number of ether oxygens (including phenoxy) is 2. The topological polar surface area (TPSA) is 52.6 Å². The maximum Gasteiger partial charge on any atom is 0.165 e. The van der Waals surface area contributed by atoms with Gasteiger partial charge in [-0.2, -0.15) is 0 Å². The Morgan fingerprint density at radius 3 is 1.40 bits per heavy atom. The molecule has 0 N–H and O–H groups in total. The molecular formula is C24H26O4S2. The fourth-order valence-electron chi connectivity index (χ4n) is 4.18. The Morgan fingerprint density at radius 1 is 0.700 bits per heavy atom. The van der Waals surface area contributed by atoms with E-state index in [9.17, 15) is 9.59 Å². The van der Waals surface area contributed by atoms with Crippen LogP contribution in [0.25, 0.3) is 11.1 Å². The summed E-state index contributed by atoms with van der Waals surface area (Å²) in [4.78, 5) is 27.7. The number of ketones is 2. The SMILES string of the molecule is COc1ccc2c(c1-c1c(OC)ccc3c1SC(C)(C)CC3=O)SC(C)(C)CC2=O. The molecule has 158 valence electrons. The predicted octanol–water partition coefficient (Wildman–Crippen LogP) is 6.29. The van der Waals surface area contributed by atoms with Gasteiger partial charge in [0, 0.05) is 54.4 Å². The van der Waals surface area contributed by atoms with Gasteiger partial charge in [0.15, 0.2) is 11.6 Å². The van der Waals surface area contributed by atoms with Gasteiger partial charge in [-0.05, 0) is 52.0 Å². The summed E-state index contributed by atoms with van der Waals surface area (Å²) in [7, 11) is 3.27. The number of hydrogen-bond acceptors (Lipinski definition) is 6. The van der Waals surface area contributed by atoms with Gasteiger partial charge in [-0.15, -0.1) is 23.5 Å². The summed E-state index contributed by atoms with van der Waals surface area (Å²) in [6.45, 7) is 8.34. The van der Waals surface area contributed by atoms with Gasteiger partial charge in [0.25, 0.3) is 0 Å². The van der Waals surface area contributed by atoms with Gasteiger partial charge >= 0.3 is 0 Å². The normalized spacial score (nSPS) is 19.1. The van der Waals surface area contributed by atoms with Crippen LogP contribution in [0.2, 0.25) is 0 Å². The average molecular weight is 443 g/mol. The van der Waals surface area contributed by atoms with E-state index in [2.05, 4.69) is 27.7 Å². The zero-order valence-corrected chi connectivity index (χ0v) is 19.8. The first-order valence-electron chi connectivity index (χ1n) is 9.94. The lowest BCUT2D eigenvalue weighted by Crippen LogP contribution is -2.27.